The van der Waals surface area contributed by atoms with Crippen molar-refractivity contribution in [2.24, 2.45) is 0 Å². The minimum atomic E-state index is -0.0812. The van der Waals surface area contributed by atoms with Gasteiger partial charge in [0.25, 0.3) is 5.91 Å². The molecule has 0 radical (unpaired) electrons. The molecule has 0 bridgehead atoms. The van der Waals surface area contributed by atoms with E-state index in [0.29, 0.717) is 24.6 Å². The molecule has 128 valence electrons. The predicted octanol–water partition coefficient (Wildman–Crippen LogP) is 3.83. The Morgan fingerprint density at radius 3 is 2.04 bits per heavy atom. The average Bonchev–Trinajstić information content (AvgIpc) is 2.63. The Morgan fingerprint density at radius 1 is 0.958 bits per heavy atom. The van der Waals surface area contributed by atoms with Crippen LogP contribution in [-0.2, 0) is 12.8 Å². The number of hydrogen-bond acceptors (Lipinski definition) is 4. The predicted molar refractivity (Wildman–Crippen MR) is 97.8 cm³/mol. The first-order chi connectivity index (χ1) is 11.6. The number of nitrogens with zero attached hydrogens (tertiary/aromatic N) is 3. The highest BCUT2D eigenvalue weighted by atomic mass is 16.2. The summed E-state index contributed by atoms with van der Waals surface area (Å²) in [6.07, 6.45) is 1.89. The third kappa shape index (κ3) is 3.91. The maximum atomic E-state index is 12.3. The van der Waals surface area contributed by atoms with Gasteiger partial charge in [0.2, 0.25) is 0 Å². The van der Waals surface area contributed by atoms with E-state index < -0.39 is 0 Å². The average molecular weight is 326 g/mol. The second-order valence-corrected chi connectivity index (χ2v) is 5.56. The van der Waals surface area contributed by atoms with Crippen molar-refractivity contribution in [1.82, 2.24) is 15.1 Å². The fraction of sp³-hybridized carbons (Fsp3) is 0.421. The third-order valence-corrected chi connectivity index (χ3v) is 4.19. The van der Waals surface area contributed by atoms with E-state index in [0.717, 1.165) is 18.5 Å². The lowest BCUT2D eigenvalue weighted by Crippen LogP contribution is -2.31. The van der Waals surface area contributed by atoms with Crippen LogP contribution in [0.5, 0.6) is 0 Å². The molecule has 0 unspecified atom stereocenters. The molecule has 1 aromatic heterocycles. The third-order valence-electron chi connectivity index (χ3n) is 4.19. The van der Waals surface area contributed by atoms with E-state index in [4.69, 9.17) is 0 Å². The zero-order valence-electron chi connectivity index (χ0n) is 15.0. The summed E-state index contributed by atoms with van der Waals surface area (Å²) >= 11 is 0. The Kier molecular flexibility index (Phi) is 6.29. The number of anilines is 2. The number of rotatable bonds is 7. The van der Waals surface area contributed by atoms with Crippen molar-refractivity contribution >= 4 is 17.4 Å². The maximum Gasteiger partial charge on any atom is 0.274 e. The van der Waals surface area contributed by atoms with E-state index in [1.54, 1.807) is 11.0 Å². The lowest BCUT2D eigenvalue weighted by molar-refractivity contribution is 0.0766. The van der Waals surface area contributed by atoms with Crippen molar-refractivity contribution in [3.05, 3.63) is 47.2 Å². The molecule has 0 fully saturated rings. The van der Waals surface area contributed by atoms with Crippen LogP contribution in [0.25, 0.3) is 0 Å². The Bertz CT molecular complexity index is 656. The molecule has 0 saturated carbocycles. The van der Waals surface area contributed by atoms with Crippen LogP contribution in [0.15, 0.2) is 30.3 Å². The Hall–Kier alpha value is -2.43. The monoisotopic (exact) mass is 326 g/mol. The van der Waals surface area contributed by atoms with Gasteiger partial charge in [-0.3, -0.25) is 4.79 Å². The molecule has 5 nitrogen and oxygen atoms in total. The Balaban J connectivity index is 2.23. The highest BCUT2D eigenvalue weighted by Gasteiger charge is 2.15. The summed E-state index contributed by atoms with van der Waals surface area (Å²) in [5.74, 6) is 0.573. The summed E-state index contributed by atoms with van der Waals surface area (Å²) in [4.78, 5) is 14.0. The van der Waals surface area contributed by atoms with Gasteiger partial charge in [-0.25, -0.2) is 0 Å². The first kappa shape index (κ1) is 17.9. The van der Waals surface area contributed by atoms with Gasteiger partial charge in [0, 0.05) is 18.8 Å². The standard InChI is InChI=1S/C19H26N4O/c1-5-14-10-9-11-15(6-2)18(14)20-17-13-12-16(21-22-17)19(24)23(7-3)8-4/h9-13H,5-8H2,1-4H3,(H,20,22). The molecule has 0 aliphatic carbocycles. The molecule has 0 atom stereocenters. The maximum absolute atomic E-state index is 12.3. The number of carbonyl (C=O) groups excluding carboxylic acids is 1. The molecule has 1 amide bonds. The SMILES string of the molecule is CCc1cccc(CC)c1Nc1ccc(C(=O)N(CC)CC)nn1. The van der Waals surface area contributed by atoms with Gasteiger partial charge in [0.1, 0.15) is 0 Å². The van der Waals surface area contributed by atoms with Crippen molar-refractivity contribution < 1.29 is 4.79 Å². The van der Waals surface area contributed by atoms with Crippen LogP contribution in [-0.4, -0.2) is 34.1 Å². The first-order valence-corrected chi connectivity index (χ1v) is 8.65. The summed E-state index contributed by atoms with van der Waals surface area (Å²) in [6.45, 7) is 9.52. The van der Waals surface area contributed by atoms with Crippen LogP contribution in [0.1, 0.15) is 49.3 Å². The fourth-order valence-electron chi connectivity index (χ4n) is 2.72. The van der Waals surface area contributed by atoms with E-state index in [2.05, 4.69) is 47.6 Å². The number of aromatic nitrogens is 2. The van der Waals surface area contributed by atoms with Crippen LogP contribution in [0.2, 0.25) is 0 Å². The van der Waals surface area contributed by atoms with Crippen LogP contribution >= 0.6 is 0 Å². The number of para-hydroxylation sites is 1. The second kappa shape index (κ2) is 8.43. The zero-order chi connectivity index (χ0) is 17.5. The van der Waals surface area contributed by atoms with Gasteiger partial charge in [-0.1, -0.05) is 32.0 Å². The highest BCUT2D eigenvalue weighted by molar-refractivity contribution is 5.92. The van der Waals surface area contributed by atoms with Gasteiger partial charge in [0.05, 0.1) is 0 Å². The molecule has 2 rings (SSSR count). The van der Waals surface area contributed by atoms with Crippen molar-refractivity contribution in [2.75, 3.05) is 18.4 Å². The van der Waals surface area contributed by atoms with Crippen molar-refractivity contribution in [3.63, 3.8) is 0 Å². The molecular formula is C19H26N4O. The van der Waals surface area contributed by atoms with Crippen LogP contribution in [0.3, 0.4) is 0 Å². The molecule has 0 spiro atoms. The van der Waals surface area contributed by atoms with Crippen LogP contribution in [0, 0.1) is 0 Å². The molecule has 1 N–H and O–H groups in total. The molecule has 2 aromatic rings. The summed E-state index contributed by atoms with van der Waals surface area (Å²) in [6, 6.07) is 9.87. The molecule has 0 aliphatic rings. The van der Waals surface area contributed by atoms with Gasteiger partial charge in [-0.2, -0.15) is 0 Å². The second-order valence-electron chi connectivity index (χ2n) is 5.56. The topological polar surface area (TPSA) is 58.1 Å². The van der Waals surface area contributed by atoms with Gasteiger partial charge in [0.15, 0.2) is 11.5 Å². The normalized spacial score (nSPS) is 10.5. The lowest BCUT2D eigenvalue weighted by Gasteiger charge is -2.18. The number of carbonyl (C=O) groups is 1. The highest BCUT2D eigenvalue weighted by Crippen LogP contribution is 2.25. The van der Waals surface area contributed by atoms with Crippen molar-refractivity contribution in [2.45, 2.75) is 40.5 Å². The molecule has 1 heterocycles. The molecule has 1 aromatic carbocycles. The van der Waals surface area contributed by atoms with Gasteiger partial charge >= 0.3 is 0 Å². The molecular weight excluding hydrogens is 300 g/mol. The van der Waals surface area contributed by atoms with E-state index in [1.165, 1.54) is 11.1 Å². The van der Waals surface area contributed by atoms with E-state index in [1.807, 2.05) is 19.9 Å². The lowest BCUT2D eigenvalue weighted by atomic mass is 10.0. The Labute approximate surface area is 144 Å². The first-order valence-electron chi connectivity index (χ1n) is 8.65. The van der Waals surface area contributed by atoms with Crippen LogP contribution in [0.4, 0.5) is 11.5 Å². The molecule has 5 heteroatoms. The quantitative estimate of drug-likeness (QED) is 0.840. The van der Waals surface area contributed by atoms with E-state index in [-0.39, 0.29) is 5.91 Å². The summed E-state index contributed by atoms with van der Waals surface area (Å²) in [7, 11) is 0. The van der Waals surface area contributed by atoms with Crippen LogP contribution < -0.4 is 5.32 Å². The molecule has 0 saturated heterocycles. The van der Waals surface area contributed by atoms with E-state index in [9.17, 15) is 4.79 Å². The number of nitrogens with one attached hydrogen (secondary N) is 1. The van der Waals surface area contributed by atoms with Gasteiger partial charge in [-0.05, 0) is 49.9 Å². The zero-order valence-corrected chi connectivity index (χ0v) is 15.0. The number of amides is 1. The van der Waals surface area contributed by atoms with Crippen molar-refractivity contribution in [3.8, 4) is 0 Å². The smallest absolute Gasteiger partial charge is 0.274 e. The fourth-order valence-corrected chi connectivity index (χ4v) is 2.72. The summed E-state index contributed by atoms with van der Waals surface area (Å²) < 4.78 is 0. The number of aryl methyl sites for hydroxylation is 2. The minimum Gasteiger partial charge on any atom is -0.338 e. The summed E-state index contributed by atoms with van der Waals surface area (Å²) in [5.41, 5.74) is 3.97. The summed E-state index contributed by atoms with van der Waals surface area (Å²) in [5, 5.41) is 11.7. The van der Waals surface area contributed by atoms with E-state index >= 15 is 0 Å². The van der Waals surface area contributed by atoms with Crippen molar-refractivity contribution in [1.29, 1.82) is 0 Å². The minimum absolute atomic E-state index is 0.0812. The van der Waals surface area contributed by atoms with Gasteiger partial charge in [-0.15, -0.1) is 10.2 Å². The number of benzene rings is 1. The number of hydrogen-bond donors (Lipinski definition) is 1. The Morgan fingerprint density at radius 2 is 1.58 bits per heavy atom. The molecule has 0 aliphatic heterocycles. The van der Waals surface area contributed by atoms with Gasteiger partial charge < -0.3 is 10.2 Å². The largest absolute Gasteiger partial charge is 0.338 e. The molecule has 24 heavy (non-hydrogen) atoms.